The third-order valence-corrected chi connectivity index (χ3v) is 6.17. The number of benzene rings is 2. The quantitative estimate of drug-likeness (QED) is 0.726. The number of halogens is 3. The number of rotatable bonds is 4. The van der Waals surface area contributed by atoms with Gasteiger partial charge in [0.15, 0.2) is 0 Å². The molecule has 0 aromatic heterocycles. The Morgan fingerprint density at radius 3 is 2.38 bits per heavy atom. The van der Waals surface area contributed by atoms with E-state index in [0.29, 0.717) is 52.5 Å². The minimum Gasteiger partial charge on any atom is -0.336 e. The van der Waals surface area contributed by atoms with E-state index in [2.05, 4.69) is 5.32 Å². The molecule has 2 aromatic rings. The molecular weight excluding hydrogens is 433 g/mol. The number of nitrogens with zero attached hydrogens (tertiary/aromatic N) is 2. The Kier molecular flexibility index (Phi) is 7.06. The number of carbonyl (C=O) groups excluding carboxylic acids is 2. The van der Waals surface area contributed by atoms with Crippen LogP contribution in [0.15, 0.2) is 36.4 Å². The highest BCUT2D eigenvalue weighted by Crippen LogP contribution is 2.33. The predicted molar refractivity (Wildman–Crippen MR) is 118 cm³/mol. The molecule has 8 heteroatoms. The van der Waals surface area contributed by atoms with E-state index in [4.69, 9.17) is 34.8 Å². The van der Waals surface area contributed by atoms with Crippen LogP contribution in [-0.2, 0) is 4.79 Å². The molecule has 154 valence electrons. The monoisotopic (exact) mass is 453 g/mol. The Labute approximate surface area is 185 Å². The molecule has 0 aliphatic carbocycles. The maximum Gasteiger partial charge on any atom is 0.253 e. The van der Waals surface area contributed by atoms with E-state index in [1.807, 2.05) is 18.7 Å². The van der Waals surface area contributed by atoms with Crippen molar-refractivity contribution in [2.75, 3.05) is 31.5 Å². The molecule has 5 nitrogen and oxygen atoms in total. The van der Waals surface area contributed by atoms with Crippen LogP contribution in [0.2, 0.25) is 15.1 Å². The van der Waals surface area contributed by atoms with Crippen LogP contribution in [0.5, 0.6) is 0 Å². The molecule has 0 radical (unpaired) electrons. The van der Waals surface area contributed by atoms with Gasteiger partial charge in [-0.2, -0.15) is 0 Å². The summed E-state index contributed by atoms with van der Waals surface area (Å²) in [4.78, 5) is 29.2. The number of nitrogens with one attached hydrogen (secondary N) is 1. The molecule has 2 aromatic carbocycles. The number of amides is 2. The Balaban J connectivity index is 1.60. The van der Waals surface area contributed by atoms with Gasteiger partial charge in [0.05, 0.1) is 21.8 Å². The summed E-state index contributed by atoms with van der Waals surface area (Å²) in [6.07, 6.45) is 0. The summed E-state index contributed by atoms with van der Waals surface area (Å²) in [5.41, 5.74) is 1.84. The third kappa shape index (κ3) is 5.04. The van der Waals surface area contributed by atoms with Crippen molar-refractivity contribution in [2.24, 2.45) is 0 Å². The molecule has 1 N–H and O–H groups in total. The molecule has 1 aliphatic heterocycles. The van der Waals surface area contributed by atoms with Gasteiger partial charge in [-0.05, 0) is 43.7 Å². The highest BCUT2D eigenvalue weighted by molar-refractivity contribution is 6.40. The number of hydrogen-bond acceptors (Lipinski definition) is 3. The van der Waals surface area contributed by atoms with Gasteiger partial charge in [-0.1, -0.05) is 46.9 Å². The first-order valence-electron chi connectivity index (χ1n) is 9.32. The molecular formula is C21H22Cl3N3O2. The molecule has 3 rings (SSSR count). The molecule has 1 fully saturated rings. The lowest BCUT2D eigenvalue weighted by atomic mass is 10.1. The lowest BCUT2D eigenvalue weighted by Gasteiger charge is -2.37. The summed E-state index contributed by atoms with van der Waals surface area (Å²) in [6.45, 7) is 5.95. The van der Waals surface area contributed by atoms with Crippen molar-refractivity contribution in [3.8, 4) is 0 Å². The zero-order valence-corrected chi connectivity index (χ0v) is 18.5. The zero-order valence-electron chi connectivity index (χ0n) is 16.2. The van der Waals surface area contributed by atoms with E-state index in [1.54, 1.807) is 41.3 Å². The van der Waals surface area contributed by atoms with Crippen molar-refractivity contribution >= 4 is 52.3 Å². The van der Waals surface area contributed by atoms with Crippen LogP contribution < -0.4 is 5.32 Å². The molecule has 1 atom stereocenters. The van der Waals surface area contributed by atoms with E-state index in [9.17, 15) is 9.59 Å². The molecule has 0 spiro atoms. The Morgan fingerprint density at radius 1 is 1.03 bits per heavy atom. The Hall–Kier alpha value is -1.79. The lowest BCUT2D eigenvalue weighted by Crippen LogP contribution is -2.54. The van der Waals surface area contributed by atoms with E-state index in [1.165, 1.54) is 0 Å². The van der Waals surface area contributed by atoms with Gasteiger partial charge in [0.25, 0.3) is 5.91 Å². The summed E-state index contributed by atoms with van der Waals surface area (Å²) in [6, 6.07) is 10.1. The molecule has 1 heterocycles. The van der Waals surface area contributed by atoms with E-state index in [0.717, 1.165) is 5.56 Å². The van der Waals surface area contributed by atoms with Crippen LogP contribution >= 0.6 is 34.8 Å². The smallest absolute Gasteiger partial charge is 0.253 e. The van der Waals surface area contributed by atoms with Crippen LogP contribution in [0.25, 0.3) is 0 Å². The first-order valence-corrected chi connectivity index (χ1v) is 10.5. The number of hydrogen-bond donors (Lipinski definition) is 1. The first-order chi connectivity index (χ1) is 13.8. The first kappa shape index (κ1) is 21.9. The number of piperazine rings is 1. The van der Waals surface area contributed by atoms with Gasteiger partial charge in [-0.25, -0.2) is 0 Å². The Bertz CT molecular complexity index is 927. The fraction of sp³-hybridized carbons (Fsp3) is 0.333. The summed E-state index contributed by atoms with van der Waals surface area (Å²) in [5, 5.41) is 4.22. The van der Waals surface area contributed by atoms with Crippen molar-refractivity contribution in [2.45, 2.75) is 19.9 Å². The number of aryl methyl sites for hydroxylation is 1. The summed E-state index contributed by atoms with van der Waals surface area (Å²) >= 11 is 18.5. The zero-order chi connectivity index (χ0) is 21.1. The second-order valence-corrected chi connectivity index (χ2v) is 8.28. The van der Waals surface area contributed by atoms with Crippen molar-refractivity contribution in [3.63, 3.8) is 0 Å². The third-order valence-electron chi connectivity index (χ3n) is 5.13. The fourth-order valence-corrected chi connectivity index (χ4v) is 3.94. The van der Waals surface area contributed by atoms with Gasteiger partial charge in [0.2, 0.25) is 5.91 Å². The second-order valence-electron chi connectivity index (χ2n) is 7.06. The van der Waals surface area contributed by atoms with Gasteiger partial charge in [0.1, 0.15) is 0 Å². The number of anilines is 1. The van der Waals surface area contributed by atoms with Gasteiger partial charge in [-0.3, -0.25) is 14.5 Å². The van der Waals surface area contributed by atoms with Crippen LogP contribution in [0, 0.1) is 6.92 Å². The number of carbonyl (C=O) groups is 2. The van der Waals surface area contributed by atoms with Crippen molar-refractivity contribution in [3.05, 3.63) is 62.6 Å². The van der Waals surface area contributed by atoms with Gasteiger partial charge in [-0.15, -0.1) is 0 Å². The second kappa shape index (κ2) is 9.35. The molecule has 0 unspecified atom stereocenters. The maximum absolute atomic E-state index is 12.7. The van der Waals surface area contributed by atoms with Gasteiger partial charge >= 0.3 is 0 Å². The van der Waals surface area contributed by atoms with Crippen LogP contribution in [0.1, 0.15) is 22.8 Å². The summed E-state index contributed by atoms with van der Waals surface area (Å²) in [7, 11) is 0. The van der Waals surface area contributed by atoms with Crippen molar-refractivity contribution in [1.29, 1.82) is 0 Å². The van der Waals surface area contributed by atoms with Crippen molar-refractivity contribution in [1.82, 2.24) is 9.80 Å². The Morgan fingerprint density at radius 2 is 1.72 bits per heavy atom. The molecule has 2 amide bonds. The van der Waals surface area contributed by atoms with Crippen LogP contribution in [0.4, 0.5) is 5.69 Å². The van der Waals surface area contributed by atoms with Crippen LogP contribution in [-0.4, -0.2) is 53.8 Å². The lowest BCUT2D eigenvalue weighted by molar-refractivity contribution is -0.121. The fourth-order valence-electron chi connectivity index (χ4n) is 3.28. The topological polar surface area (TPSA) is 52.7 Å². The standard InChI is InChI=1S/C21H22Cl3N3O2/c1-13-6-7-17(23)19(18(13)24)25-20(28)14(2)26-8-10-27(11-9-26)21(29)15-4-3-5-16(22)12-15/h3-7,12,14H,8-11H2,1-2H3,(H,25,28)/t14-/m0/s1. The predicted octanol–water partition coefficient (Wildman–Crippen LogP) is 4.74. The van der Waals surface area contributed by atoms with Crippen molar-refractivity contribution < 1.29 is 9.59 Å². The van der Waals surface area contributed by atoms with E-state index in [-0.39, 0.29) is 17.9 Å². The van der Waals surface area contributed by atoms with Gasteiger partial charge < -0.3 is 10.2 Å². The molecule has 0 bridgehead atoms. The molecule has 0 saturated carbocycles. The highest BCUT2D eigenvalue weighted by Gasteiger charge is 2.28. The van der Waals surface area contributed by atoms with Crippen LogP contribution in [0.3, 0.4) is 0 Å². The molecule has 1 saturated heterocycles. The SMILES string of the molecule is Cc1ccc(Cl)c(NC(=O)[C@H](C)N2CCN(C(=O)c3cccc(Cl)c3)CC2)c1Cl. The highest BCUT2D eigenvalue weighted by atomic mass is 35.5. The maximum atomic E-state index is 12.7. The molecule has 1 aliphatic rings. The largest absolute Gasteiger partial charge is 0.336 e. The minimum absolute atomic E-state index is 0.0532. The summed E-state index contributed by atoms with van der Waals surface area (Å²) in [5.74, 6) is -0.239. The van der Waals surface area contributed by atoms with E-state index < -0.39 is 0 Å². The average Bonchev–Trinajstić information content (AvgIpc) is 2.73. The summed E-state index contributed by atoms with van der Waals surface area (Å²) < 4.78 is 0. The normalized spacial score (nSPS) is 15.8. The van der Waals surface area contributed by atoms with Gasteiger partial charge in [0, 0.05) is 36.8 Å². The van der Waals surface area contributed by atoms with E-state index >= 15 is 0 Å². The minimum atomic E-state index is -0.383. The molecule has 29 heavy (non-hydrogen) atoms. The average molecular weight is 455 g/mol.